The maximum atomic E-state index is 10.6. The first-order chi connectivity index (χ1) is 6.47. The second-order valence-corrected chi connectivity index (χ2v) is 4.33. The minimum absolute atomic E-state index is 0.149. The molecule has 0 spiro atoms. The number of hydrogen-bond donors (Lipinski definition) is 0. The van der Waals surface area contributed by atoms with Crippen molar-refractivity contribution in [2.45, 2.75) is 6.42 Å². The topological polar surface area (TPSA) is 43.4 Å². The fourth-order valence-corrected chi connectivity index (χ4v) is 1.29. The van der Waals surface area contributed by atoms with Crippen LogP contribution in [-0.4, -0.2) is 21.3 Å². The van der Waals surface area contributed by atoms with Crippen LogP contribution >= 0.6 is 0 Å². The van der Waals surface area contributed by atoms with Crippen LogP contribution in [0.2, 0.25) is 0 Å². The molecule has 0 atom stereocenters. The molecule has 0 saturated heterocycles. The first-order valence-corrected chi connectivity index (χ1v) is 5.69. The van der Waals surface area contributed by atoms with Crippen molar-refractivity contribution >= 4 is 10.1 Å². The summed E-state index contributed by atoms with van der Waals surface area (Å²) in [7, 11) is -3.34. The van der Waals surface area contributed by atoms with Gasteiger partial charge < -0.3 is 0 Å². The molecule has 0 bridgehead atoms. The van der Waals surface area contributed by atoms with Gasteiger partial charge in [-0.1, -0.05) is 30.3 Å². The van der Waals surface area contributed by atoms with Gasteiger partial charge in [-0.2, -0.15) is 8.42 Å². The molecule has 0 N–H and O–H groups in total. The highest BCUT2D eigenvalue weighted by molar-refractivity contribution is 7.85. The van der Waals surface area contributed by atoms with Gasteiger partial charge in [0.25, 0.3) is 10.1 Å². The summed E-state index contributed by atoms with van der Waals surface area (Å²) >= 11 is 0. The highest BCUT2D eigenvalue weighted by Crippen LogP contribution is 2.00. The van der Waals surface area contributed by atoms with Crippen molar-refractivity contribution in [2.24, 2.45) is 0 Å². The zero-order valence-electron chi connectivity index (χ0n) is 8.36. The van der Waals surface area contributed by atoms with E-state index in [1.54, 1.807) is 24.3 Å². The Bertz CT molecular complexity index is 383. The lowest BCUT2D eigenvalue weighted by Gasteiger charge is -2.00. The summed E-state index contributed by atoms with van der Waals surface area (Å²) in [5.74, 6) is 0. The lowest BCUT2D eigenvalue weighted by Crippen LogP contribution is -2.05. The number of rotatable bonds is 4. The van der Waals surface area contributed by atoms with Gasteiger partial charge >= 0.3 is 0 Å². The normalized spacial score (nSPS) is 12.5. The van der Waals surface area contributed by atoms with Gasteiger partial charge in [-0.05, 0) is 12.0 Å². The van der Waals surface area contributed by atoms with Crippen LogP contribution in [0.15, 0.2) is 30.3 Å². The first kappa shape index (κ1) is 8.72. The van der Waals surface area contributed by atoms with Crippen LogP contribution in [0.4, 0.5) is 0 Å². The first-order valence-electron chi connectivity index (χ1n) is 4.37. The van der Waals surface area contributed by atoms with Crippen LogP contribution in [0.5, 0.6) is 0 Å². The second kappa shape index (κ2) is 4.39. The lowest BCUT2D eigenvalue weighted by atomic mass is 10.2. The molecule has 1 aromatic rings. The maximum Gasteiger partial charge on any atom is 0.264 e. The van der Waals surface area contributed by atoms with E-state index in [9.17, 15) is 8.42 Å². The average molecular weight is 201 g/mol. The van der Waals surface area contributed by atoms with E-state index in [0.29, 0.717) is 12.5 Å². The van der Waals surface area contributed by atoms with Gasteiger partial charge in [-0.3, -0.25) is 4.18 Å². The molecule has 0 aliphatic rings. The Hall–Kier alpha value is -0.870. The molecule has 1 rings (SSSR count). The summed E-state index contributed by atoms with van der Waals surface area (Å²) in [6, 6.07) is 7.34. The van der Waals surface area contributed by atoms with Crippen molar-refractivity contribution in [3.8, 4) is 0 Å². The molecule has 13 heavy (non-hydrogen) atoms. The fourth-order valence-electron chi connectivity index (χ4n) is 0.899. The van der Waals surface area contributed by atoms with Gasteiger partial charge in [0.15, 0.2) is 0 Å². The lowest BCUT2D eigenvalue weighted by molar-refractivity contribution is 0.326. The third-order valence-corrected chi connectivity index (χ3v) is 2.07. The van der Waals surface area contributed by atoms with Gasteiger partial charge in [-0.15, -0.1) is 0 Å². The SMILES string of the molecule is [2H]c1ccc(CCOS(C)(=O)=O)cc1. The Balaban J connectivity index is 2.43. The summed E-state index contributed by atoms with van der Waals surface area (Å²) in [5.41, 5.74) is 0.963. The minimum Gasteiger partial charge on any atom is -0.270 e. The molecule has 0 aliphatic heterocycles. The maximum absolute atomic E-state index is 10.6. The van der Waals surface area contributed by atoms with E-state index in [1.165, 1.54) is 0 Å². The largest absolute Gasteiger partial charge is 0.270 e. The molecule has 0 saturated carbocycles. The van der Waals surface area contributed by atoms with E-state index in [2.05, 4.69) is 4.18 Å². The highest BCUT2D eigenvalue weighted by Gasteiger charge is 2.00. The Morgan fingerprint density at radius 1 is 1.46 bits per heavy atom. The van der Waals surface area contributed by atoms with Crippen LogP contribution in [0.1, 0.15) is 6.93 Å². The fraction of sp³-hybridized carbons (Fsp3) is 0.333. The van der Waals surface area contributed by atoms with E-state index < -0.39 is 10.1 Å². The van der Waals surface area contributed by atoms with Crippen molar-refractivity contribution in [3.05, 3.63) is 35.9 Å². The zero-order valence-corrected chi connectivity index (χ0v) is 8.17. The molecule has 0 fully saturated rings. The number of hydrogen-bond acceptors (Lipinski definition) is 3. The Kier molecular flexibility index (Phi) is 2.94. The molecule has 0 aromatic heterocycles. The zero-order chi connectivity index (χ0) is 10.6. The van der Waals surface area contributed by atoms with Crippen LogP contribution in [0.25, 0.3) is 0 Å². The van der Waals surface area contributed by atoms with E-state index in [1.807, 2.05) is 0 Å². The molecule has 0 heterocycles. The standard InChI is InChI=1S/C9H12O3S/c1-13(10,11)12-8-7-9-5-3-2-4-6-9/h2-6H,7-8H2,1H3/i2D. The van der Waals surface area contributed by atoms with Crippen LogP contribution in [0.3, 0.4) is 0 Å². The monoisotopic (exact) mass is 201 g/mol. The van der Waals surface area contributed by atoms with Crippen molar-refractivity contribution in [3.63, 3.8) is 0 Å². The summed E-state index contributed by atoms with van der Waals surface area (Å²) in [6.07, 6.45) is 1.56. The molecule has 4 heteroatoms. The highest BCUT2D eigenvalue weighted by atomic mass is 32.2. The van der Waals surface area contributed by atoms with Gasteiger partial charge in [0.05, 0.1) is 14.2 Å². The van der Waals surface area contributed by atoms with E-state index in [4.69, 9.17) is 1.37 Å². The molecular formula is C9H12O3S. The quantitative estimate of drug-likeness (QED) is 0.688. The predicted octanol–water partition coefficient (Wildman–Crippen LogP) is 1.21. The third kappa shape index (κ3) is 4.65. The van der Waals surface area contributed by atoms with E-state index in [-0.39, 0.29) is 6.61 Å². The number of benzene rings is 1. The van der Waals surface area contributed by atoms with Gasteiger partial charge in [0.2, 0.25) is 0 Å². The molecule has 3 nitrogen and oxygen atoms in total. The Morgan fingerprint density at radius 2 is 2.08 bits per heavy atom. The van der Waals surface area contributed by atoms with Crippen molar-refractivity contribution in [2.75, 3.05) is 12.9 Å². The Labute approximate surface area is 79.9 Å². The summed E-state index contributed by atoms with van der Waals surface area (Å²) < 4.78 is 33.1. The van der Waals surface area contributed by atoms with E-state index >= 15 is 0 Å². The second-order valence-electron chi connectivity index (χ2n) is 2.68. The summed E-state index contributed by atoms with van der Waals surface area (Å²) in [4.78, 5) is 0. The molecule has 1 aromatic carbocycles. The van der Waals surface area contributed by atoms with E-state index in [0.717, 1.165) is 11.8 Å². The Morgan fingerprint density at radius 3 is 2.62 bits per heavy atom. The molecule has 0 unspecified atom stereocenters. The smallest absolute Gasteiger partial charge is 0.264 e. The van der Waals surface area contributed by atoms with Crippen molar-refractivity contribution in [1.29, 1.82) is 0 Å². The van der Waals surface area contributed by atoms with Crippen LogP contribution < -0.4 is 0 Å². The predicted molar refractivity (Wildman–Crippen MR) is 50.9 cm³/mol. The minimum atomic E-state index is -3.34. The van der Waals surface area contributed by atoms with Crippen molar-refractivity contribution in [1.82, 2.24) is 0 Å². The summed E-state index contributed by atoms with van der Waals surface area (Å²) in [5, 5.41) is 0. The average Bonchev–Trinajstić information content (AvgIpc) is 2.06. The van der Waals surface area contributed by atoms with Crippen molar-refractivity contribution < 1.29 is 14.0 Å². The van der Waals surface area contributed by atoms with Crippen LogP contribution in [-0.2, 0) is 20.7 Å². The van der Waals surface area contributed by atoms with Gasteiger partial charge in [0.1, 0.15) is 0 Å². The molecule has 0 aliphatic carbocycles. The molecule has 72 valence electrons. The summed E-state index contributed by atoms with van der Waals surface area (Å²) in [6.45, 7) is 0.149. The molecular weight excluding hydrogens is 188 g/mol. The van der Waals surface area contributed by atoms with Gasteiger partial charge in [-0.25, -0.2) is 0 Å². The molecule has 0 radical (unpaired) electrons. The van der Waals surface area contributed by atoms with Crippen LogP contribution in [0, 0.1) is 0 Å². The van der Waals surface area contributed by atoms with Gasteiger partial charge in [0, 0.05) is 0 Å². The molecule has 0 amide bonds. The third-order valence-electron chi connectivity index (χ3n) is 1.48.